The van der Waals surface area contributed by atoms with E-state index in [2.05, 4.69) is 5.16 Å². The van der Waals surface area contributed by atoms with Crippen LogP contribution in [0.2, 0.25) is 0 Å². The minimum atomic E-state index is -1.35. The number of hydrogen-bond donors (Lipinski definition) is 3. The number of benzene rings is 1. The lowest BCUT2D eigenvalue weighted by atomic mass is 9.55. The fourth-order valence-electron chi connectivity index (χ4n) is 5.65. The van der Waals surface area contributed by atoms with E-state index in [0.29, 0.717) is 18.6 Å². The van der Waals surface area contributed by atoms with Crippen LogP contribution in [0.3, 0.4) is 0 Å². The molecule has 3 N–H and O–H groups in total. The first kappa shape index (κ1) is 18.3. The number of aliphatic carboxylic acids is 1. The summed E-state index contributed by atoms with van der Waals surface area (Å²) in [4.78, 5) is 15.6. The van der Waals surface area contributed by atoms with Crippen LogP contribution in [-0.4, -0.2) is 45.8 Å². The molecule has 0 radical (unpaired) electrons. The van der Waals surface area contributed by atoms with E-state index in [1.54, 1.807) is 12.1 Å². The van der Waals surface area contributed by atoms with Gasteiger partial charge in [0.1, 0.15) is 5.75 Å². The van der Waals surface area contributed by atoms with E-state index in [1.807, 2.05) is 13.0 Å². The Balaban J connectivity index is 1.73. The zero-order chi connectivity index (χ0) is 19.3. The van der Waals surface area contributed by atoms with Crippen molar-refractivity contribution in [2.45, 2.75) is 50.7 Å². The van der Waals surface area contributed by atoms with Gasteiger partial charge in [0.2, 0.25) is 0 Å². The number of carboxylic acid groups (broad SMARTS) is 1. The lowest BCUT2D eigenvalue weighted by Crippen LogP contribution is -2.45. The normalized spacial score (nSPS) is 38.8. The predicted octanol–water partition coefficient (Wildman–Crippen LogP) is 0.508. The van der Waals surface area contributed by atoms with Crippen molar-refractivity contribution in [2.24, 2.45) is 22.4 Å². The van der Waals surface area contributed by atoms with Crippen molar-refractivity contribution in [2.75, 3.05) is 6.61 Å². The lowest BCUT2D eigenvalue weighted by molar-refractivity contribution is -0.309. The monoisotopic (exact) mass is 374 g/mol. The van der Waals surface area contributed by atoms with Crippen molar-refractivity contribution >= 4 is 11.7 Å². The fraction of sp³-hybridized carbons (Fsp3) is 0.600. The average molecular weight is 374 g/mol. The van der Waals surface area contributed by atoms with Crippen LogP contribution in [0.15, 0.2) is 23.4 Å². The Morgan fingerprint density at radius 2 is 2.19 bits per heavy atom. The summed E-state index contributed by atoms with van der Waals surface area (Å²) in [5.41, 5.74) is 2.07. The molecule has 0 saturated heterocycles. The second kappa shape index (κ2) is 6.49. The number of fused-ring (bicyclic) bond motifs is 5. The number of carbonyl (C=O) groups is 1. The van der Waals surface area contributed by atoms with Gasteiger partial charge >= 0.3 is 0 Å². The molecular formula is C20H24NO6-. The second-order valence-corrected chi connectivity index (χ2v) is 8.33. The first-order valence-electron chi connectivity index (χ1n) is 9.39. The number of phenols is 1. The van der Waals surface area contributed by atoms with Gasteiger partial charge in [0.15, 0.2) is 6.61 Å². The minimum absolute atomic E-state index is 0.118. The average Bonchev–Trinajstić information content (AvgIpc) is 2.85. The third-order valence-electron chi connectivity index (χ3n) is 6.94. The van der Waals surface area contributed by atoms with Crippen LogP contribution in [0.5, 0.6) is 5.75 Å². The Hall–Kier alpha value is -2.12. The molecule has 0 amide bonds. The molecule has 0 aromatic heterocycles. The standard InChI is InChI=1S/C20H25NO6/c1-20-5-4-12-11-3-2-10(22)6-14(11)16(21-27-9-18(24)25)7-13(12)15(20)8-17(23)19(20)26/h2-3,6,12-13,15,17,19,22-23,26H,4-5,7-9H2,1H3,(H,24,25)/p-1/b21-16-/t12-,13-,15+,17-,19+,20+/m1/s1. The second-order valence-electron chi connectivity index (χ2n) is 8.33. The molecule has 1 aromatic carbocycles. The van der Waals surface area contributed by atoms with Crippen LogP contribution in [0, 0.1) is 17.3 Å². The van der Waals surface area contributed by atoms with Gasteiger partial charge in [-0.1, -0.05) is 18.1 Å². The van der Waals surface area contributed by atoms with Gasteiger partial charge in [-0.15, -0.1) is 0 Å². The van der Waals surface area contributed by atoms with E-state index >= 15 is 0 Å². The summed E-state index contributed by atoms with van der Waals surface area (Å²) in [5, 5.41) is 45.4. The number of hydrogen-bond acceptors (Lipinski definition) is 7. The maximum Gasteiger partial charge on any atom is 0.156 e. The van der Waals surface area contributed by atoms with Gasteiger partial charge in [0.25, 0.3) is 0 Å². The van der Waals surface area contributed by atoms with Gasteiger partial charge in [0.05, 0.1) is 23.9 Å². The molecule has 7 heteroatoms. The van der Waals surface area contributed by atoms with E-state index in [1.165, 1.54) is 0 Å². The number of aliphatic hydroxyl groups is 2. The molecule has 7 nitrogen and oxygen atoms in total. The fourth-order valence-corrected chi connectivity index (χ4v) is 5.65. The Morgan fingerprint density at radius 1 is 1.41 bits per heavy atom. The largest absolute Gasteiger partial charge is 0.546 e. The Morgan fingerprint density at radius 3 is 2.93 bits per heavy atom. The number of nitrogens with zero attached hydrogens (tertiary/aromatic N) is 1. The molecule has 2 saturated carbocycles. The quantitative estimate of drug-likeness (QED) is 0.663. The Kier molecular flexibility index (Phi) is 4.39. The van der Waals surface area contributed by atoms with E-state index < -0.39 is 24.8 Å². The van der Waals surface area contributed by atoms with Crippen LogP contribution in [0.25, 0.3) is 0 Å². The van der Waals surface area contributed by atoms with E-state index in [0.717, 1.165) is 24.0 Å². The summed E-state index contributed by atoms with van der Waals surface area (Å²) in [7, 11) is 0. The molecule has 4 rings (SSSR count). The third-order valence-corrected chi connectivity index (χ3v) is 6.94. The van der Waals surface area contributed by atoms with Crippen molar-refractivity contribution in [3.63, 3.8) is 0 Å². The third kappa shape index (κ3) is 2.89. The van der Waals surface area contributed by atoms with Crippen LogP contribution >= 0.6 is 0 Å². The molecule has 0 spiro atoms. The highest BCUT2D eigenvalue weighted by Crippen LogP contribution is 2.61. The van der Waals surface area contributed by atoms with Crippen LogP contribution in [0.1, 0.15) is 49.7 Å². The summed E-state index contributed by atoms with van der Waals surface area (Å²) in [6.45, 7) is 1.41. The molecule has 2 fully saturated rings. The molecule has 1 aromatic rings. The first-order chi connectivity index (χ1) is 12.8. The Bertz CT molecular complexity index is 793. The molecule has 27 heavy (non-hydrogen) atoms. The topological polar surface area (TPSA) is 122 Å². The molecule has 0 heterocycles. The van der Waals surface area contributed by atoms with Crippen molar-refractivity contribution < 1.29 is 30.1 Å². The van der Waals surface area contributed by atoms with Crippen LogP contribution in [-0.2, 0) is 9.63 Å². The number of oxime groups is 1. The maximum absolute atomic E-state index is 10.6. The number of aliphatic hydroxyl groups excluding tert-OH is 2. The zero-order valence-electron chi connectivity index (χ0n) is 15.2. The summed E-state index contributed by atoms with van der Waals surface area (Å²) in [6, 6.07) is 5.17. The SMILES string of the molecule is C[C@]12CC[C@@H]3c4ccc(O)cc4/C(=N\OCC(=O)[O-])C[C@H]3[C@@H]1C[C@@H](O)[C@@H]2O. The molecule has 3 aliphatic rings. The molecule has 0 bridgehead atoms. The Labute approximate surface area is 157 Å². The zero-order valence-corrected chi connectivity index (χ0v) is 15.2. The molecule has 146 valence electrons. The van der Waals surface area contributed by atoms with Gasteiger partial charge in [-0.2, -0.15) is 0 Å². The van der Waals surface area contributed by atoms with E-state index in [-0.39, 0.29) is 28.9 Å². The summed E-state index contributed by atoms with van der Waals surface area (Å²) in [5.74, 6) is -0.688. The van der Waals surface area contributed by atoms with Gasteiger partial charge in [0, 0.05) is 5.56 Å². The van der Waals surface area contributed by atoms with E-state index in [4.69, 9.17) is 4.84 Å². The summed E-state index contributed by atoms with van der Waals surface area (Å²) in [6.07, 6.45) is 1.33. The highest BCUT2D eigenvalue weighted by molar-refractivity contribution is 6.03. The van der Waals surface area contributed by atoms with Gasteiger partial charge in [-0.25, -0.2) is 0 Å². The van der Waals surface area contributed by atoms with Crippen LogP contribution in [0.4, 0.5) is 0 Å². The molecule has 0 aliphatic heterocycles. The van der Waals surface area contributed by atoms with Crippen LogP contribution < -0.4 is 5.11 Å². The smallest absolute Gasteiger partial charge is 0.156 e. The predicted molar refractivity (Wildman–Crippen MR) is 93.9 cm³/mol. The first-order valence-corrected chi connectivity index (χ1v) is 9.39. The lowest BCUT2D eigenvalue weighted by Gasteiger charge is -2.49. The van der Waals surface area contributed by atoms with Crippen molar-refractivity contribution in [1.29, 1.82) is 0 Å². The summed E-state index contributed by atoms with van der Waals surface area (Å²) < 4.78 is 0. The van der Waals surface area contributed by atoms with Gasteiger partial charge < -0.3 is 30.1 Å². The number of carbonyl (C=O) groups excluding carboxylic acids is 1. The van der Waals surface area contributed by atoms with Gasteiger partial charge in [-0.3, -0.25) is 0 Å². The molecule has 6 atom stereocenters. The minimum Gasteiger partial charge on any atom is -0.546 e. The van der Waals surface area contributed by atoms with Crippen molar-refractivity contribution in [3.8, 4) is 5.75 Å². The van der Waals surface area contributed by atoms with Crippen molar-refractivity contribution in [1.82, 2.24) is 0 Å². The highest BCUT2D eigenvalue weighted by atomic mass is 16.6. The number of rotatable bonds is 3. The number of carboxylic acids is 1. The van der Waals surface area contributed by atoms with E-state index in [9.17, 15) is 25.2 Å². The van der Waals surface area contributed by atoms with Gasteiger partial charge in [-0.05, 0) is 66.5 Å². The number of aromatic hydroxyl groups is 1. The molecule has 3 aliphatic carbocycles. The molecular weight excluding hydrogens is 350 g/mol. The molecule has 0 unspecified atom stereocenters. The summed E-state index contributed by atoms with van der Waals surface area (Å²) >= 11 is 0. The van der Waals surface area contributed by atoms with Crippen molar-refractivity contribution in [3.05, 3.63) is 29.3 Å². The maximum atomic E-state index is 10.6. The number of phenolic OH excluding ortho intramolecular Hbond substituents is 1. The highest BCUT2D eigenvalue weighted by Gasteiger charge is 2.58.